The van der Waals surface area contributed by atoms with Gasteiger partial charge in [-0.25, -0.2) is 0 Å². The van der Waals surface area contributed by atoms with Crippen LogP contribution in [0.15, 0.2) is 66.7 Å². The monoisotopic (exact) mass is 305 g/mol. The third-order valence-corrected chi connectivity index (χ3v) is 4.46. The molecule has 0 saturated heterocycles. The summed E-state index contributed by atoms with van der Waals surface area (Å²) in [6, 6.07) is 18.8. The highest BCUT2D eigenvalue weighted by Crippen LogP contribution is 2.23. The molecule has 23 heavy (non-hydrogen) atoms. The van der Waals surface area contributed by atoms with E-state index >= 15 is 0 Å². The lowest BCUT2D eigenvalue weighted by Crippen LogP contribution is -2.27. The minimum atomic E-state index is 0.0395. The van der Waals surface area contributed by atoms with Gasteiger partial charge in [-0.05, 0) is 42.4 Å². The van der Waals surface area contributed by atoms with E-state index in [1.54, 1.807) is 0 Å². The number of hydrogen-bond acceptors (Lipinski definition) is 1. The fourth-order valence-corrected chi connectivity index (χ4v) is 3.08. The molecule has 0 spiro atoms. The van der Waals surface area contributed by atoms with Crippen molar-refractivity contribution in [3.8, 4) is 11.1 Å². The van der Waals surface area contributed by atoms with Gasteiger partial charge in [0.25, 0.3) is 0 Å². The van der Waals surface area contributed by atoms with E-state index in [1.165, 1.54) is 11.1 Å². The first-order valence-corrected chi connectivity index (χ1v) is 8.34. The van der Waals surface area contributed by atoms with Crippen LogP contribution < -0.4 is 5.32 Å². The summed E-state index contributed by atoms with van der Waals surface area (Å²) < 4.78 is 0. The van der Waals surface area contributed by atoms with E-state index in [9.17, 15) is 4.79 Å². The standard InChI is InChI=1S/C21H23NO/c1-16(22-21(23)15-17-7-5-6-8-17)18-11-13-20(14-12-18)19-9-3-2-4-10-19/h2-5,7,9-14,16-17H,6,8,15H2,1H3,(H,22,23)/t16-,17+/m0/s1. The molecule has 118 valence electrons. The van der Waals surface area contributed by atoms with E-state index in [-0.39, 0.29) is 11.9 Å². The first-order chi connectivity index (χ1) is 11.2. The molecule has 1 aliphatic rings. The van der Waals surface area contributed by atoms with Gasteiger partial charge in [0, 0.05) is 6.42 Å². The van der Waals surface area contributed by atoms with Gasteiger partial charge >= 0.3 is 0 Å². The van der Waals surface area contributed by atoms with Crippen LogP contribution in [0.4, 0.5) is 0 Å². The van der Waals surface area contributed by atoms with Gasteiger partial charge < -0.3 is 5.32 Å². The first kappa shape index (κ1) is 15.5. The Labute approximate surface area is 138 Å². The highest BCUT2D eigenvalue weighted by Gasteiger charge is 2.16. The molecule has 2 heteroatoms. The second-order valence-electron chi connectivity index (χ2n) is 6.25. The van der Waals surface area contributed by atoms with Gasteiger partial charge in [-0.3, -0.25) is 4.79 Å². The first-order valence-electron chi connectivity index (χ1n) is 8.34. The highest BCUT2D eigenvalue weighted by atomic mass is 16.1. The molecule has 0 aliphatic heterocycles. The van der Waals surface area contributed by atoms with Crippen molar-refractivity contribution < 1.29 is 4.79 Å². The number of allylic oxidation sites excluding steroid dienone is 2. The van der Waals surface area contributed by atoms with Crippen LogP contribution in [-0.4, -0.2) is 5.91 Å². The molecule has 0 bridgehead atoms. The van der Waals surface area contributed by atoms with Gasteiger partial charge in [-0.1, -0.05) is 66.7 Å². The predicted molar refractivity (Wildman–Crippen MR) is 94.9 cm³/mol. The van der Waals surface area contributed by atoms with E-state index in [1.807, 2.05) is 25.1 Å². The summed E-state index contributed by atoms with van der Waals surface area (Å²) in [5.74, 6) is 0.559. The number of rotatable bonds is 5. The highest BCUT2D eigenvalue weighted by molar-refractivity contribution is 5.77. The molecule has 2 nitrogen and oxygen atoms in total. The SMILES string of the molecule is C[C@H](NC(=O)C[C@@H]1C=CCC1)c1ccc(-c2ccccc2)cc1. The van der Waals surface area contributed by atoms with Gasteiger partial charge in [0.15, 0.2) is 0 Å². The molecule has 0 radical (unpaired) electrons. The largest absolute Gasteiger partial charge is 0.350 e. The molecular formula is C21H23NO. The number of nitrogens with one attached hydrogen (secondary N) is 1. The quantitative estimate of drug-likeness (QED) is 0.783. The number of carbonyl (C=O) groups is 1. The molecule has 0 heterocycles. The van der Waals surface area contributed by atoms with Crippen molar-refractivity contribution in [1.29, 1.82) is 0 Å². The smallest absolute Gasteiger partial charge is 0.221 e. The molecule has 0 saturated carbocycles. The maximum atomic E-state index is 12.1. The van der Waals surface area contributed by atoms with Gasteiger partial charge in [0.1, 0.15) is 0 Å². The summed E-state index contributed by atoms with van der Waals surface area (Å²) >= 11 is 0. The van der Waals surface area contributed by atoms with Crippen LogP contribution in [0, 0.1) is 5.92 Å². The van der Waals surface area contributed by atoms with Crippen LogP contribution in [0.3, 0.4) is 0 Å². The Balaban J connectivity index is 1.60. The third-order valence-electron chi connectivity index (χ3n) is 4.46. The van der Waals surface area contributed by atoms with E-state index < -0.39 is 0 Å². The molecule has 1 N–H and O–H groups in total. The zero-order chi connectivity index (χ0) is 16.1. The van der Waals surface area contributed by atoms with Gasteiger partial charge in [0.2, 0.25) is 5.91 Å². The van der Waals surface area contributed by atoms with Crippen molar-refractivity contribution in [2.24, 2.45) is 5.92 Å². The fraction of sp³-hybridized carbons (Fsp3) is 0.286. The minimum Gasteiger partial charge on any atom is -0.350 e. The van der Waals surface area contributed by atoms with E-state index in [2.05, 4.69) is 53.9 Å². The zero-order valence-corrected chi connectivity index (χ0v) is 13.5. The lowest BCUT2D eigenvalue weighted by molar-refractivity contribution is -0.122. The average Bonchev–Trinajstić information content (AvgIpc) is 3.08. The fourth-order valence-electron chi connectivity index (χ4n) is 3.08. The van der Waals surface area contributed by atoms with Crippen molar-refractivity contribution in [2.45, 2.75) is 32.2 Å². The molecule has 0 aromatic heterocycles. The molecule has 2 aromatic rings. The van der Waals surface area contributed by atoms with Gasteiger partial charge in [-0.2, -0.15) is 0 Å². The van der Waals surface area contributed by atoms with E-state index in [0.29, 0.717) is 12.3 Å². The molecule has 1 aliphatic carbocycles. The van der Waals surface area contributed by atoms with Crippen LogP contribution in [-0.2, 0) is 4.79 Å². The topological polar surface area (TPSA) is 29.1 Å². The van der Waals surface area contributed by atoms with Crippen LogP contribution >= 0.6 is 0 Å². The Kier molecular flexibility index (Phi) is 4.92. The Bertz CT molecular complexity index is 673. The summed E-state index contributed by atoms with van der Waals surface area (Å²) in [6.45, 7) is 2.04. The third kappa shape index (κ3) is 4.10. The van der Waals surface area contributed by atoms with Crippen LogP contribution in [0.1, 0.15) is 37.8 Å². The lowest BCUT2D eigenvalue weighted by Gasteiger charge is -2.16. The van der Waals surface area contributed by atoms with Crippen LogP contribution in [0.5, 0.6) is 0 Å². The predicted octanol–water partition coefficient (Wildman–Crippen LogP) is 4.89. The van der Waals surface area contributed by atoms with Gasteiger partial charge in [-0.15, -0.1) is 0 Å². The Hall–Kier alpha value is -2.35. The van der Waals surface area contributed by atoms with E-state index in [4.69, 9.17) is 0 Å². The number of hydrogen-bond donors (Lipinski definition) is 1. The van der Waals surface area contributed by atoms with Crippen molar-refractivity contribution in [2.75, 3.05) is 0 Å². The summed E-state index contributed by atoms with van der Waals surface area (Å²) in [7, 11) is 0. The summed E-state index contributed by atoms with van der Waals surface area (Å²) in [6.07, 6.45) is 7.15. The maximum absolute atomic E-state index is 12.1. The van der Waals surface area contributed by atoms with Crippen LogP contribution in [0.25, 0.3) is 11.1 Å². The van der Waals surface area contributed by atoms with E-state index in [0.717, 1.165) is 18.4 Å². The summed E-state index contributed by atoms with van der Waals surface area (Å²) in [4.78, 5) is 12.1. The van der Waals surface area contributed by atoms with Crippen molar-refractivity contribution in [3.63, 3.8) is 0 Å². The van der Waals surface area contributed by atoms with Crippen molar-refractivity contribution in [3.05, 3.63) is 72.3 Å². The molecule has 1 amide bonds. The second-order valence-corrected chi connectivity index (χ2v) is 6.25. The molecular weight excluding hydrogens is 282 g/mol. The number of carbonyl (C=O) groups excluding carboxylic acids is 1. The summed E-state index contributed by atoms with van der Waals surface area (Å²) in [5.41, 5.74) is 3.55. The Morgan fingerprint density at radius 3 is 2.43 bits per heavy atom. The van der Waals surface area contributed by atoms with Crippen molar-refractivity contribution in [1.82, 2.24) is 5.32 Å². The number of amides is 1. The molecule has 3 rings (SSSR count). The molecule has 2 atom stereocenters. The summed E-state index contributed by atoms with van der Waals surface area (Å²) in [5, 5.41) is 3.11. The average molecular weight is 305 g/mol. The van der Waals surface area contributed by atoms with Gasteiger partial charge in [0.05, 0.1) is 6.04 Å². The Morgan fingerprint density at radius 1 is 1.09 bits per heavy atom. The zero-order valence-electron chi connectivity index (χ0n) is 13.5. The molecule has 0 fully saturated rings. The van der Waals surface area contributed by atoms with Crippen LogP contribution in [0.2, 0.25) is 0 Å². The Morgan fingerprint density at radius 2 is 1.78 bits per heavy atom. The lowest BCUT2D eigenvalue weighted by atomic mass is 10.0. The minimum absolute atomic E-state index is 0.0395. The molecule has 2 aromatic carbocycles. The molecule has 0 unspecified atom stereocenters. The normalized spacial score (nSPS) is 17.9. The second kappa shape index (κ2) is 7.28. The number of benzene rings is 2. The maximum Gasteiger partial charge on any atom is 0.221 e. The van der Waals surface area contributed by atoms with Crippen molar-refractivity contribution >= 4 is 5.91 Å².